The topological polar surface area (TPSA) is 24.9 Å². The van der Waals surface area contributed by atoms with Gasteiger partial charge in [0.1, 0.15) is 0 Å². The first kappa shape index (κ1) is 19.2. The smallest absolute Gasteiger partial charge is 0.0829 e. The minimum absolute atomic E-state index is 0.0253. The van der Waals surface area contributed by atoms with Crippen molar-refractivity contribution in [1.82, 2.24) is 9.80 Å². The van der Waals surface area contributed by atoms with Gasteiger partial charge in [0.25, 0.3) is 0 Å². The first-order valence-corrected chi connectivity index (χ1v) is 9.45. The standard InChI is InChI=1S/C19H38N2O2/c1-14(2)20-8-9-22-18(12-20)13-21(15(3)4)16-10-17(11-16)23-19(5,6)7/h14-18H,8-13H2,1-7H3/t16-,17-,18-/m1/s1. The second-order valence-corrected chi connectivity index (χ2v) is 8.85. The van der Waals surface area contributed by atoms with Gasteiger partial charge >= 0.3 is 0 Å². The lowest BCUT2D eigenvalue weighted by atomic mass is 9.86. The molecule has 1 heterocycles. The third-order valence-corrected chi connectivity index (χ3v) is 5.04. The molecule has 1 atom stereocenters. The summed E-state index contributed by atoms with van der Waals surface area (Å²) in [6.45, 7) is 19.7. The molecule has 2 aliphatic rings. The molecule has 136 valence electrons. The quantitative estimate of drug-likeness (QED) is 0.748. The van der Waals surface area contributed by atoms with E-state index in [4.69, 9.17) is 9.47 Å². The maximum atomic E-state index is 6.11. The van der Waals surface area contributed by atoms with Gasteiger partial charge in [-0.25, -0.2) is 0 Å². The molecular weight excluding hydrogens is 288 g/mol. The maximum Gasteiger partial charge on any atom is 0.0829 e. The van der Waals surface area contributed by atoms with Crippen LogP contribution in [0.25, 0.3) is 0 Å². The summed E-state index contributed by atoms with van der Waals surface area (Å²) < 4.78 is 12.2. The lowest BCUT2D eigenvalue weighted by Crippen LogP contribution is -2.57. The van der Waals surface area contributed by atoms with Crippen LogP contribution in [0.3, 0.4) is 0 Å². The summed E-state index contributed by atoms with van der Waals surface area (Å²) in [5, 5.41) is 0. The first-order valence-electron chi connectivity index (χ1n) is 9.45. The third kappa shape index (κ3) is 5.70. The number of hydrogen-bond acceptors (Lipinski definition) is 4. The number of rotatable bonds is 6. The van der Waals surface area contributed by atoms with Gasteiger partial charge < -0.3 is 9.47 Å². The monoisotopic (exact) mass is 326 g/mol. The average Bonchev–Trinajstić information content (AvgIpc) is 2.39. The first-order chi connectivity index (χ1) is 10.7. The molecule has 0 unspecified atom stereocenters. The zero-order chi connectivity index (χ0) is 17.2. The summed E-state index contributed by atoms with van der Waals surface area (Å²) in [5.74, 6) is 0. The van der Waals surface area contributed by atoms with E-state index in [1.54, 1.807) is 0 Å². The van der Waals surface area contributed by atoms with Gasteiger partial charge in [-0.3, -0.25) is 9.80 Å². The van der Waals surface area contributed by atoms with Crippen molar-refractivity contribution >= 4 is 0 Å². The predicted octanol–water partition coefficient (Wildman–Crippen LogP) is 3.15. The van der Waals surface area contributed by atoms with Crippen LogP contribution >= 0.6 is 0 Å². The molecule has 1 saturated carbocycles. The van der Waals surface area contributed by atoms with Crippen molar-refractivity contribution in [3.05, 3.63) is 0 Å². The van der Waals surface area contributed by atoms with Crippen LogP contribution < -0.4 is 0 Å². The summed E-state index contributed by atoms with van der Waals surface area (Å²) in [4.78, 5) is 5.18. The Morgan fingerprint density at radius 2 is 1.83 bits per heavy atom. The second kappa shape index (κ2) is 7.81. The fraction of sp³-hybridized carbons (Fsp3) is 1.00. The van der Waals surface area contributed by atoms with Crippen LogP contribution in [0.2, 0.25) is 0 Å². The van der Waals surface area contributed by atoms with Gasteiger partial charge in [0.2, 0.25) is 0 Å². The van der Waals surface area contributed by atoms with Crippen LogP contribution in [-0.2, 0) is 9.47 Å². The van der Waals surface area contributed by atoms with E-state index in [-0.39, 0.29) is 5.60 Å². The van der Waals surface area contributed by atoms with E-state index in [2.05, 4.69) is 58.3 Å². The molecular formula is C19H38N2O2. The molecule has 0 aromatic carbocycles. The molecule has 23 heavy (non-hydrogen) atoms. The molecule has 1 aliphatic heterocycles. The van der Waals surface area contributed by atoms with E-state index >= 15 is 0 Å². The molecule has 0 aromatic rings. The van der Waals surface area contributed by atoms with Gasteiger partial charge in [0, 0.05) is 37.8 Å². The van der Waals surface area contributed by atoms with E-state index < -0.39 is 0 Å². The number of nitrogens with zero attached hydrogens (tertiary/aromatic N) is 2. The summed E-state index contributed by atoms with van der Waals surface area (Å²) in [5.41, 5.74) is -0.0253. The molecule has 1 aliphatic carbocycles. The fourth-order valence-corrected chi connectivity index (χ4v) is 3.74. The molecule has 0 aromatic heterocycles. The van der Waals surface area contributed by atoms with Crippen molar-refractivity contribution in [3.63, 3.8) is 0 Å². The minimum Gasteiger partial charge on any atom is -0.374 e. The van der Waals surface area contributed by atoms with Crippen molar-refractivity contribution in [1.29, 1.82) is 0 Å². The van der Waals surface area contributed by atoms with Gasteiger partial charge in [0.05, 0.1) is 24.4 Å². The van der Waals surface area contributed by atoms with Gasteiger partial charge in [-0.05, 0) is 61.3 Å². The van der Waals surface area contributed by atoms with Crippen molar-refractivity contribution in [2.75, 3.05) is 26.2 Å². The van der Waals surface area contributed by atoms with E-state index in [0.717, 1.165) is 39.1 Å². The zero-order valence-corrected chi connectivity index (χ0v) is 16.3. The minimum atomic E-state index is -0.0253. The molecule has 0 N–H and O–H groups in total. The molecule has 4 heteroatoms. The molecule has 1 saturated heterocycles. The highest BCUT2D eigenvalue weighted by molar-refractivity contribution is 4.92. The number of morpholine rings is 1. The van der Waals surface area contributed by atoms with Crippen molar-refractivity contribution in [2.45, 2.75) is 97.2 Å². The van der Waals surface area contributed by atoms with Crippen LogP contribution in [-0.4, -0.2) is 72.0 Å². The SMILES string of the molecule is CC(C)N1CCO[C@@H](CN(C(C)C)[C@H]2C[C@H](OC(C)(C)C)C2)C1. The van der Waals surface area contributed by atoms with E-state index in [1.165, 1.54) is 0 Å². The predicted molar refractivity (Wildman–Crippen MR) is 95.9 cm³/mol. The number of hydrogen-bond donors (Lipinski definition) is 0. The summed E-state index contributed by atoms with van der Waals surface area (Å²) >= 11 is 0. The van der Waals surface area contributed by atoms with Crippen LogP contribution in [0.1, 0.15) is 61.3 Å². The molecule has 0 bridgehead atoms. The molecule has 2 fully saturated rings. The van der Waals surface area contributed by atoms with E-state index in [1.807, 2.05) is 0 Å². The lowest BCUT2D eigenvalue weighted by molar-refractivity contribution is -0.132. The third-order valence-electron chi connectivity index (χ3n) is 5.04. The Bertz CT molecular complexity index is 359. The van der Waals surface area contributed by atoms with Crippen LogP contribution in [0.5, 0.6) is 0 Å². The van der Waals surface area contributed by atoms with Crippen LogP contribution in [0.15, 0.2) is 0 Å². The second-order valence-electron chi connectivity index (χ2n) is 8.85. The highest BCUT2D eigenvalue weighted by atomic mass is 16.5. The maximum absolute atomic E-state index is 6.11. The van der Waals surface area contributed by atoms with Crippen LogP contribution in [0.4, 0.5) is 0 Å². The largest absolute Gasteiger partial charge is 0.374 e. The lowest BCUT2D eigenvalue weighted by Gasteiger charge is -2.48. The fourth-order valence-electron chi connectivity index (χ4n) is 3.74. The Morgan fingerprint density at radius 1 is 1.17 bits per heavy atom. The highest BCUT2D eigenvalue weighted by Crippen LogP contribution is 2.33. The zero-order valence-electron chi connectivity index (χ0n) is 16.3. The van der Waals surface area contributed by atoms with Crippen molar-refractivity contribution in [2.24, 2.45) is 0 Å². The molecule has 0 amide bonds. The van der Waals surface area contributed by atoms with Crippen molar-refractivity contribution < 1.29 is 9.47 Å². The van der Waals surface area contributed by atoms with Gasteiger partial charge in [-0.1, -0.05) is 0 Å². The molecule has 4 nitrogen and oxygen atoms in total. The van der Waals surface area contributed by atoms with Crippen LogP contribution in [0, 0.1) is 0 Å². The number of ether oxygens (including phenoxy) is 2. The molecule has 0 spiro atoms. The Hall–Kier alpha value is -0.160. The Balaban J connectivity index is 1.83. The summed E-state index contributed by atoms with van der Waals surface area (Å²) in [6, 6.07) is 1.83. The Labute approximate surface area is 143 Å². The van der Waals surface area contributed by atoms with Gasteiger partial charge in [-0.15, -0.1) is 0 Å². The summed E-state index contributed by atoms with van der Waals surface area (Å²) in [7, 11) is 0. The highest BCUT2D eigenvalue weighted by Gasteiger charge is 2.38. The van der Waals surface area contributed by atoms with Gasteiger partial charge in [0.15, 0.2) is 0 Å². The average molecular weight is 327 g/mol. The molecule has 0 radical (unpaired) electrons. The Kier molecular flexibility index (Phi) is 6.51. The molecule has 2 rings (SSSR count). The Morgan fingerprint density at radius 3 is 2.35 bits per heavy atom. The van der Waals surface area contributed by atoms with Gasteiger partial charge in [-0.2, -0.15) is 0 Å². The van der Waals surface area contributed by atoms with Crippen molar-refractivity contribution in [3.8, 4) is 0 Å². The van der Waals surface area contributed by atoms with E-state index in [9.17, 15) is 0 Å². The van der Waals surface area contributed by atoms with E-state index in [0.29, 0.717) is 30.3 Å². The normalized spacial score (nSPS) is 30.3. The summed E-state index contributed by atoms with van der Waals surface area (Å²) in [6.07, 6.45) is 3.10.